The topological polar surface area (TPSA) is 85.2 Å². The Kier molecular flexibility index (Phi) is 5.81. The summed E-state index contributed by atoms with van der Waals surface area (Å²) in [5, 5.41) is 3.89. The molecule has 1 saturated carbocycles. The molecule has 1 aliphatic heterocycles. The second-order valence-corrected chi connectivity index (χ2v) is 7.44. The smallest absolute Gasteiger partial charge is 0.227 e. The minimum atomic E-state index is -0.304. The number of aryl methyl sites for hydroxylation is 2. The largest absolute Gasteiger partial charge is 0.342 e. The molecule has 6 nitrogen and oxygen atoms in total. The van der Waals surface area contributed by atoms with Crippen LogP contribution in [0, 0.1) is 24.6 Å². The number of hydrogen-bond donors (Lipinski definition) is 1. The van der Waals surface area contributed by atoms with E-state index in [0.717, 1.165) is 25.9 Å². The summed E-state index contributed by atoms with van der Waals surface area (Å²) in [6.07, 6.45) is 2.91. The Labute approximate surface area is 163 Å². The van der Waals surface area contributed by atoms with Crippen LogP contribution in [0.4, 0.5) is 4.39 Å². The van der Waals surface area contributed by atoms with E-state index in [2.05, 4.69) is 10.1 Å². The van der Waals surface area contributed by atoms with E-state index in [9.17, 15) is 9.18 Å². The second-order valence-electron chi connectivity index (χ2n) is 7.44. The van der Waals surface area contributed by atoms with E-state index in [1.54, 1.807) is 19.1 Å². The van der Waals surface area contributed by atoms with Gasteiger partial charge in [-0.05, 0) is 43.2 Å². The van der Waals surface area contributed by atoms with Crippen LogP contribution in [0.15, 0.2) is 22.7 Å². The van der Waals surface area contributed by atoms with E-state index in [1.807, 2.05) is 4.90 Å². The number of nitrogens with zero attached hydrogens (tertiary/aromatic N) is 3. The Morgan fingerprint density at radius 2 is 2.19 bits per heavy atom. The third-order valence-corrected chi connectivity index (χ3v) is 5.72. The van der Waals surface area contributed by atoms with Crippen molar-refractivity contribution in [3.05, 3.63) is 35.5 Å². The molecule has 3 atom stereocenters. The third kappa shape index (κ3) is 3.99. The number of carbonyl (C=O) groups is 1. The summed E-state index contributed by atoms with van der Waals surface area (Å²) in [7, 11) is 0. The van der Waals surface area contributed by atoms with Crippen molar-refractivity contribution >= 4 is 18.3 Å². The molecule has 2 fully saturated rings. The highest BCUT2D eigenvalue weighted by Crippen LogP contribution is 2.37. The molecular weight excluding hydrogens is 371 g/mol. The number of aromatic nitrogens is 2. The summed E-state index contributed by atoms with van der Waals surface area (Å²) >= 11 is 0. The van der Waals surface area contributed by atoms with Gasteiger partial charge in [-0.2, -0.15) is 4.98 Å². The van der Waals surface area contributed by atoms with Crippen LogP contribution in [0.2, 0.25) is 0 Å². The minimum absolute atomic E-state index is 0. The molecule has 2 aromatic rings. The normalized spacial score (nSPS) is 24.0. The number of fused-ring (bicyclic) bond motifs is 1. The number of hydrogen-bond acceptors (Lipinski definition) is 5. The van der Waals surface area contributed by atoms with Crippen LogP contribution in [0.25, 0.3) is 11.4 Å². The molecule has 2 aliphatic rings. The molecule has 0 bridgehead atoms. The lowest BCUT2D eigenvalue weighted by Crippen LogP contribution is -2.33. The van der Waals surface area contributed by atoms with Crippen molar-refractivity contribution in [2.45, 2.75) is 38.6 Å². The third-order valence-electron chi connectivity index (χ3n) is 5.72. The van der Waals surface area contributed by atoms with Crippen LogP contribution < -0.4 is 5.73 Å². The molecule has 0 spiro atoms. The molecule has 1 amide bonds. The van der Waals surface area contributed by atoms with Gasteiger partial charge in [-0.3, -0.25) is 4.79 Å². The molecule has 1 aliphatic carbocycles. The summed E-state index contributed by atoms with van der Waals surface area (Å²) < 4.78 is 18.9. The van der Waals surface area contributed by atoms with Crippen molar-refractivity contribution in [1.82, 2.24) is 15.0 Å². The zero-order chi connectivity index (χ0) is 18.3. The molecule has 27 heavy (non-hydrogen) atoms. The molecule has 2 heterocycles. The van der Waals surface area contributed by atoms with E-state index in [-0.39, 0.29) is 30.2 Å². The number of benzene rings is 1. The maximum absolute atomic E-state index is 13.7. The van der Waals surface area contributed by atoms with E-state index in [1.165, 1.54) is 6.07 Å². The van der Waals surface area contributed by atoms with E-state index < -0.39 is 0 Å². The quantitative estimate of drug-likeness (QED) is 0.861. The Bertz CT molecular complexity index is 828. The number of rotatable bonds is 4. The van der Waals surface area contributed by atoms with Gasteiger partial charge in [0.05, 0.1) is 0 Å². The van der Waals surface area contributed by atoms with Crippen molar-refractivity contribution in [1.29, 1.82) is 0 Å². The number of carbonyl (C=O) groups excluding carboxylic acids is 1. The van der Waals surface area contributed by atoms with Crippen LogP contribution in [0.1, 0.15) is 30.7 Å². The van der Waals surface area contributed by atoms with Gasteiger partial charge in [-0.15, -0.1) is 12.4 Å². The van der Waals surface area contributed by atoms with Crippen molar-refractivity contribution in [2.75, 3.05) is 13.1 Å². The van der Waals surface area contributed by atoms with Crippen LogP contribution in [0.3, 0.4) is 0 Å². The minimum Gasteiger partial charge on any atom is -0.342 e. The molecule has 2 N–H and O–H groups in total. The van der Waals surface area contributed by atoms with Gasteiger partial charge in [0, 0.05) is 37.5 Å². The van der Waals surface area contributed by atoms with Crippen molar-refractivity contribution < 1.29 is 13.7 Å². The summed E-state index contributed by atoms with van der Waals surface area (Å²) in [5.41, 5.74) is 7.26. The van der Waals surface area contributed by atoms with Crippen LogP contribution in [-0.2, 0) is 11.2 Å². The van der Waals surface area contributed by atoms with Crippen LogP contribution in [0.5, 0.6) is 0 Å². The fourth-order valence-corrected chi connectivity index (χ4v) is 4.09. The predicted molar refractivity (Wildman–Crippen MR) is 101 cm³/mol. The Morgan fingerprint density at radius 3 is 2.93 bits per heavy atom. The maximum atomic E-state index is 13.7. The zero-order valence-corrected chi connectivity index (χ0v) is 16.0. The van der Waals surface area contributed by atoms with Crippen molar-refractivity contribution in [2.24, 2.45) is 17.6 Å². The van der Waals surface area contributed by atoms with E-state index >= 15 is 0 Å². The highest BCUT2D eigenvalue weighted by molar-refractivity contribution is 5.85. The van der Waals surface area contributed by atoms with Gasteiger partial charge in [-0.1, -0.05) is 17.3 Å². The Balaban J connectivity index is 0.00000210. The van der Waals surface area contributed by atoms with Crippen molar-refractivity contribution in [3.8, 4) is 11.4 Å². The van der Waals surface area contributed by atoms with E-state index in [0.29, 0.717) is 47.5 Å². The molecule has 1 aromatic heterocycles. The molecule has 3 unspecified atom stereocenters. The first-order valence-electron chi connectivity index (χ1n) is 9.13. The highest BCUT2D eigenvalue weighted by Gasteiger charge is 2.42. The highest BCUT2D eigenvalue weighted by atomic mass is 35.5. The number of likely N-dealkylation sites (tertiary alicyclic amines) is 1. The fraction of sp³-hybridized carbons (Fsp3) is 0.526. The van der Waals surface area contributed by atoms with E-state index in [4.69, 9.17) is 10.3 Å². The van der Waals surface area contributed by atoms with Crippen molar-refractivity contribution in [3.63, 3.8) is 0 Å². The fourth-order valence-electron chi connectivity index (χ4n) is 4.09. The first-order chi connectivity index (χ1) is 12.5. The van der Waals surface area contributed by atoms with Crippen LogP contribution >= 0.6 is 12.4 Å². The maximum Gasteiger partial charge on any atom is 0.227 e. The second kappa shape index (κ2) is 7.94. The Morgan fingerprint density at radius 1 is 1.37 bits per heavy atom. The first kappa shape index (κ1) is 19.8. The predicted octanol–water partition coefficient (Wildman–Crippen LogP) is 2.73. The molecule has 4 rings (SSSR count). The first-order valence-corrected chi connectivity index (χ1v) is 9.13. The standard InChI is InChI=1S/C19H23FN4O2.ClH/c1-11-2-3-12(8-15(11)20)19-22-17(26-23-19)6-7-18(25)24-9-13-4-5-16(21)14(13)10-24;/h2-3,8,13-14,16H,4-7,9-10,21H2,1H3;1H. The SMILES string of the molecule is Cc1ccc(-c2noc(CCC(=O)N3CC4CCC(N)C4C3)n2)cc1F.Cl. The number of amides is 1. The number of nitrogens with two attached hydrogens (primary N) is 1. The lowest BCUT2D eigenvalue weighted by atomic mass is 9.98. The molecule has 1 aromatic carbocycles. The molecule has 0 radical (unpaired) electrons. The molecule has 8 heteroatoms. The van der Waals surface area contributed by atoms with Crippen LogP contribution in [-0.4, -0.2) is 40.1 Å². The average Bonchev–Trinajstić information content (AvgIpc) is 3.33. The van der Waals surface area contributed by atoms with Gasteiger partial charge in [0.1, 0.15) is 5.82 Å². The monoisotopic (exact) mass is 394 g/mol. The number of halogens is 2. The summed E-state index contributed by atoms with van der Waals surface area (Å²) in [5.74, 6) is 1.54. The molecule has 146 valence electrons. The summed E-state index contributed by atoms with van der Waals surface area (Å²) in [6.45, 7) is 3.28. The van der Waals surface area contributed by atoms with Gasteiger partial charge in [-0.25, -0.2) is 4.39 Å². The molecule has 1 saturated heterocycles. The van der Waals surface area contributed by atoms with Gasteiger partial charge in [0.2, 0.25) is 17.6 Å². The van der Waals surface area contributed by atoms with Gasteiger partial charge in [0.25, 0.3) is 0 Å². The summed E-state index contributed by atoms with van der Waals surface area (Å²) in [4.78, 5) is 18.7. The molecular formula is C19H24ClFN4O2. The average molecular weight is 395 g/mol. The lowest BCUT2D eigenvalue weighted by Gasteiger charge is -2.18. The lowest BCUT2D eigenvalue weighted by molar-refractivity contribution is -0.130. The zero-order valence-electron chi connectivity index (χ0n) is 15.2. The summed E-state index contributed by atoms with van der Waals surface area (Å²) in [6, 6.07) is 5.05. The Hall–Kier alpha value is -1.99. The van der Waals surface area contributed by atoms with Gasteiger partial charge in [0.15, 0.2) is 0 Å². The van der Waals surface area contributed by atoms with Gasteiger partial charge < -0.3 is 15.2 Å². The van der Waals surface area contributed by atoms with Gasteiger partial charge >= 0.3 is 0 Å².